The summed E-state index contributed by atoms with van der Waals surface area (Å²) < 4.78 is 40.9. The quantitative estimate of drug-likeness (QED) is 0.594. The number of halogens is 3. The molecule has 1 aliphatic carbocycles. The highest BCUT2D eigenvalue weighted by atomic mass is 19.2. The van der Waals surface area contributed by atoms with E-state index in [0.29, 0.717) is 24.1 Å². The van der Waals surface area contributed by atoms with E-state index in [1.165, 1.54) is 10.9 Å². The van der Waals surface area contributed by atoms with Crippen LogP contribution in [0.4, 0.5) is 13.2 Å². The first-order valence-electron chi connectivity index (χ1n) is 6.33. The fraction of sp³-hybridized carbons (Fsp3) is 0.286. The number of rotatable bonds is 1. The Morgan fingerprint density at radius 3 is 2.40 bits per heavy atom. The average Bonchev–Trinajstić information content (AvgIpc) is 2.76. The maximum absolute atomic E-state index is 13.3. The van der Waals surface area contributed by atoms with Crippen molar-refractivity contribution in [1.29, 1.82) is 0 Å². The van der Waals surface area contributed by atoms with E-state index in [1.807, 2.05) is 0 Å². The number of fused-ring (bicyclic) bond motifs is 1. The van der Waals surface area contributed by atoms with Gasteiger partial charge in [-0.2, -0.15) is 5.10 Å². The third-order valence-electron chi connectivity index (χ3n) is 3.45. The molecule has 0 saturated carbocycles. The van der Waals surface area contributed by atoms with Crippen molar-refractivity contribution in [2.45, 2.75) is 25.7 Å². The first kappa shape index (κ1) is 12.9. The first-order chi connectivity index (χ1) is 9.58. The molecule has 104 valence electrons. The van der Waals surface area contributed by atoms with Crippen molar-refractivity contribution in [1.82, 2.24) is 9.78 Å². The van der Waals surface area contributed by atoms with Crippen molar-refractivity contribution in [3.8, 4) is 5.69 Å². The molecule has 1 aromatic heterocycles. The van der Waals surface area contributed by atoms with Crippen molar-refractivity contribution >= 4 is 5.78 Å². The third kappa shape index (κ3) is 2.01. The minimum Gasteiger partial charge on any atom is -0.294 e. The van der Waals surface area contributed by atoms with Crippen molar-refractivity contribution in [2.24, 2.45) is 0 Å². The van der Waals surface area contributed by atoms with E-state index in [2.05, 4.69) is 5.10 Å². The van der Waals surface area contributed by atoms with Crippen LogP contribution in [0, 0.1) is 17.5 Å². The highest BCUT2D eigenvalue weighted by Gasteiger charge is 2.22. The molecular weight excluding hydrogens is 269 g/mol. The van der Waals surface area contributed by atoms with Gasteiger partial charge >= 0.3 is 0 Å². The smallest absolute Gasteiger partial charge is 0.194 e. The van der Waals surface area contributed by atoms with E-state index in [-0.39, 0.29) is 11.5 Å². The number of ketones is 1. The highest BCUT2D eigenvalue weighted by Crippen LogP contribution is 2.24. The molecule has 0 N–H and O–H groups in total. The summed E-state index contributed by atoms with van der Waals surface area (Å²) in [6.45, 7) is 0. The van der Waals surface area contributed by atoms with Crippen molar-refractivity contribution in [3.63, 3.8) is 0 Å². The number of benzene rings is 1. The maximum Gasteiger partial charge on any atom is 0.194 e. The van der Waals surface area contributed by atoms with E-state index in [0.717, 1.165) is 25.0 Å². The lowest BCUT2D eigenvalue weighted by atomic mass is 10.1. The van der Waals surface area contributed by atoms with Gasteiger partial charge in [-0.1, -0.05) is 0 Å². The Labute approximate surface area is 113 Å². The van der Waals surface area contributed by atoms with Crippen LogP contribution in [-0.4, -0.2) is 15.6 Å². The molecule has 3 rings (SSSR count). The predicted molar refractivity (Wildman–Crippen MR) is 65.3 cm³/mol. The van der Waals surface area contributed by atoms with Crippen LogP contribution < -0.4 is 0 Å². The molecule has 0 unspecified atom stereocenters. The maximum atomic E-state index is 13.3. The summed E-state index contributed by atoms with van der Waals surface area (Å²) in [5, 5.41) is 4.01. The number of hydrogen-bond donors (Lipinski definition) is 0. The van der Waals surface area contributed by atoms with E-state index in [4.69, 9.17) is 0 Å². The van der Waals surface area contributed by atoms with Crippen LogP contribution in [0.3, 0.4) is 0 Å². The standard InChI is InChI=1S/C14H11F3N2O/c15-10-5-8(6-11(16)14(10)17)19-12-3-1-2-4-13(20)9(12)7-18-19/h5-7H,1-4H2. The molecule has 1 aromatic carbocycles. The molecule has 3 nitrogen and oxygen atoms in total. The zero-order chi connectivity index (χ0) is 14.3. The summed E-state index contributed by atoms with van der Waals surface area (Å²) in [6.07, 6.45) is 4.03. The average molecular weight is 280 g/mol. The Kier molecular flexibility index (Phi) is 3.08. The lowest BCUT2D eigenvalue weighted by Crippen LogP contribution is -2.06. The highest BCUT2D eigenvalue weighted by molar-refractivity contribution is 5.97. The fourth-order valence-corrected chi connectivity index (χ4v) is 2.45. The first-order valence-corrected chi connectivity index (χ1v) is 6.33. The van der Waals surface area contributed by atoms with Gasteiger partial charge in [-0.3, -0.25) is 4.79 Å². The lowest BCUT2D eigenvalue weighted by Gasteiger charge is -2.08. The van der Waals surface area contributed by atoms with Crippen LogP contribution in [0.5, 0.6) is 0 Å². The van der Waals surface area contributed by atoms with Gasteiger partial charge in [-0.25, -0.2) is 17.9 Å². The van der Waals surface area contributed by atoms with Gasteiger partial charge in [-0.05, 0) is 19.3 Å². The molecule has 0 saturated heterocycles. The van der Waals surface area contributed by atoms with E-state index in [1.54, 1.807) is 0 Å². The van der Waals surface area contributed by atoms with Crippen LogP contribution in [0.2, 0.25) is 0 Å². The van der Waals surface area contributed by atoms with Gasteiger partial charge in [0.1, 0.15) is 0 Å². The summed E-state index contributed by atoms with van der Waals surface area (Å²) in [5.41, 5.74) is 1.18. The Balaban J connectivity index is 2.14. The number of nitrogens with zero attached hydrogens (tertiary/aromatic N) is 2. The zero-order valence-corrected chi connectivity index (χ0v) is 10.5. The van der Waals surface area contributed by atoms with Crippen molar-refractivity contribution < 1.29 is 18.0 Å². The molecule has 20 heavy (non-hydrogen) atoms. The third-order valence-corrected chi connectivity index (χ3v) is 3.45. The number of carbonyl (C=O) groups excluding carboxylic acids is 1. The Morgan fingerprint density at radius 2 is 1.70 bits per heavy atom. The normalized spacial score (nSPS) is 15.1. The molecule has 0 bridgehead atoms. The summed E-state index contributed by atoms with van der Waals surface area (Å²) in [4.78, 5) is 11.9. The van der Waals surface area contributed by atoms with Crippen LogP contribution in [0.15, 0.2) is 18.3 Å². The fourth-order valence-electron chi connectivity index (χ4n) is 2.45. The lowest BCUT2D eigenvalue weighted by molar-refractivity contribution is 0.0982. The second kappa shape index (κ2) is 4.77. The van der Waals surface area contributed by atoms with Gasteiger partial charge in [0.2, 0.25) is 0 Å². The van der Waals surface area contributed by atoms with E-state index < -0.39 is 17.5 Å². The van der Waals surface area contributed by atoms with Crippen LogP contribution >= 0.6 is 0 Å². The van der Waals surface area contributed by atoms with Gasteiger partial charge in [0.25, 0.3) is 0 Å². The van der Waals surface area contributed by atoms with Gasteiger partial charge in [0.15, 0.2) is 23.2 Å². The van der Waals surface area contributed by atoms with E-state index >= 15 is 0 Å². The summed E-state index contributed by atoms with van der Waals surface area (Å²) in [7, 11) is 0. The Hall–Kier alpha value is -2.11. The molecule has 0 aliphatic heterocycles. The summed E-state index contributed by atoms with van der Waals surface area (Å²) in [6, 6.07) is 1.75. The largest absolute Gasteiger partial charge is 0.294 e. The van der Waals surface area contributed by atoms with Crippen LogP contribution in [0.1, 0.15) is 35.3 Å². The Bertz CT molecular complexity index is 671. The monoisotopic (exact) mass is 280 g/mol. The van der Waals surface area contributed by atoms with Gasteiger partial charge in [0.05, 0.1) is 23.1 Å². The Morgan fingerprint density at radius 1 is 1.05 bits per heavy atom. The molecule has 6 heteroatoms. The molecule has 1 heterocycles. The second-order valence-corrected chi connectivity index (χ2v) is 4.77. The molecular formula is C14H11F3N2O. The number of carbonyl (C=O) groups is 1. The van der Waals surface area contributed by atoms with Gasteiger partial charge < -0.3 is 0 Å². The molecule has 0 amide bonds. The zero-order valence-electron chi connectivity index (χ0n) is 10.5. The molecule has 0 spiro atoms. The number of aromatic nitrogens is 2. The molecule has 0 fully saturated rings. The SMILES string of the molecule is O=C1CCCCc2c1cnn2-c1cc(F)c(F)c(F)c1. The molecule has 0 atom stereocenters. The minimum atomic E-state index is -1.51. The van der Waals surface area contributed by atoms with Crippen molar-refractivity contribution in [2.75, 3.05) is 0 Å². The molecule has 1 aliphatic rings. The second-order valence-electron chi connectivity index (χ2n) is 4.77. The number of hydrogen-bond acceptors (Lipinski definition) is 2. The predicted octanol–water partition coefficient (Wildman–Crippen LogP) is 3.20. The van der Waals surface area contributed by atoms with Crippen LogP contribution in [-0.2, 0) is 6.42 Å². The van der Waals surface area contributed by atoms with Gasteiger partial charge in [0, 0.05) is 18.6 Å². The molecule has 2 aromatic rings. The summed E-state index contributed by atoms with van der Waals surface area (Å²) >= 11 is 0. The molecule has 0 radical (unpaired) electrons. The van der Waals surface area contributed by atoms with E-state index in [9.17, 15) is 18.0 Å². The summed E-state index contributed by atoms with van der Waals surface area (Å²) in [5.74, 6) is -4.08. The van der Waals surface area contributed by atoms with Gasteiger partial charge in [-0.15, -0.1) is 0 Å². The van der Waals surface area contributed by atoms with Crippen LogP contribution in [0.25, 0.3) is 5.69 Å². The topological polar surface area (TPSA) is 34.9 Å². The minimum absolute atomic E-state index is 0.0215. The van der Waals surface area contributed by atoms with Crippen molar-refractivity contribution in [3.05, 3.63) is 47.0 Å². The number of Topliss-reactive ketones (excluding diaryl/α,β-unsaturated/α-hetero) is 1.